The maximum atomic E-state index is 10.1. The molecule has 1 unspecified atom stereocenters. The second-order valence-corrected chi connectivity index (χ2v) is 4.94. The Labute approximate surface area is 99.0 Å². The Kier molecular flexibility index (Phi) is 3.27. The smallest absolute Gasteiger partial charge is 0.100 e. The number of allylic oxidation sites excluding steroid dienone is 1. The van der Waals surface area contributed by atoms with E-state index >= 15 is 0 Å². The van der Waals surface area contributed by atoms with Crippen molar-refractivity contribution < 1.29 is 5.11 Å². The molecule has 0 bridgehead atoms. The van der Waals surface area contributed by atoms with Crippen LogP contribution in [0.5, 0.6) is 0 Å². The molecule has 1 aliphatic rings. The summed E-state index contributed by atoms with van der Waals surface area (Å²) >= 11 is 3.49. The molecule has 0 aliphatic heterocycles. The maximum absolute atomic E-state index is 10.1. The van der Waals surface area contributed by atoms with Crippen molar-refractivity contribution in [1.82, 2.24) is 0 Å². The summed E-state index contributed by atoms with van der Waals surface area (Å²) in [5, 5.41) is 10.1. The first-order valence-electron chi connectivity index (χ1n) is 5.31. The predicted octanol–water partition coefficient (Wildman–Crippen LogP) is 3.90. The van der Waals surface area contributed by atoms with Crippen molar-refractivity contribution in [2.24, 2.45) is 0 Å². The third kappa shape index (κ3) is 2.32. The van der Waals surface area contributed by atoms with Crippen LogP contribution in [0.3, 0.4) is 0 Å². The zero-order chi connectivity index (χ0) is 10.8. The van der Waals surface area contributed by atoms with Gasteiger partial charge in [0.15, 0.2) is 0 Å². The van der Waals surface area contributed by atoms with E-state index < -0.39 is 6.10 Å². The lowest BCUT2D eigenvalue weighted by atomic mass is 10.0. The van der Waals surface area contributed by atoms with Crippen molar-refractivity contribution in [3.8, 4) is 0 Å². The molecule has 1 N–H and O–H groups in total. The fourth-order valence-electron chi connectivity index (χ4n) is 1.94. The SMILES string of the molecule is Cc1ccc(C(O)C2=CCCC2)cc1Br. The van der Waals surface area contributed by atoms with Crippen LogP contribution in [0.1, 0.15) is 36.5 Å². The lowest BCUT2D eigenvalue weighted by Crippen LogP contribution is -2.00. The van der Waals surface area contributed by atoms with Gasteiger partial charge in [-0.3, -0.25) is 0 Å². The van der Waals surface area contributed by atoms with Gasteiger partial charge in [0.1, 0.15) is 6.10 Å². The second-order valence-electron chi connectivity index (χ2n) is 4.08. The second kappa shape index (κ2) is 4.50. The molecule has 1 aliphatic carbocycles. The van der Waals surface area contributed by atoms with Gasteiger partial charge in [0, 0.05) is 4.47 Å². The van der Waals surface area contributed by atoms with Crippen molar-refractivity contribution in [1.29, 1.82) is 0 Å². The molecule has 1 aromatic carbocycles. The van der Waals surface area contributed by atoms with Gasteiger partial charge in [0.25, 0.3) is 0 Å². The summed E-state index contributed by atoms with van der Waals surface area (Å²) in [6.45, 7) is 2.05. The van der Waals surface area contributed by atoms with Gasteiger partial charge in [-0.15, -0.1) is 0 Å². The standard InChI is InChI=1S/C13H15BrO/c1-9-6-7-11(8-12(9)14)13(15)10-4-2-3-5-10/h4,6-8,13,15H,2-3,5H2,1H3. The summed E-state index contributed by atoms with van der Waals surface area (Å²) in [5.74, 6) is 0. The van der Waals surface area contributed by atoms with Gasteiger partial charge in [-0.2, -0.15) is 0 Å². The first-order chi connectivity index (χ1) is 7.18. The minimum Gasteiger partial charge on any atom is -0.384 e. The van der Waals surface area contributed by atoms with Crippen LogP contribution in [0.4, 0.5) is 0 Å². The van der Waals surface area contributed by atoms with E-state index in [-0.39, 0.29) is 0 Å². The van der Waals surface area contributed by atoms with E-state index in [1.807, 2.05) is 18.2 Å². The molecule has 0 amide bonds. The number of aliphatic hydroxyl groups is 1. The van der Waals surface area contributed by atoms with Crippen molar-refractivity contribution >= 4 is 15.9 Å². The van der Waals surface area contributed by atoms with Crippen LogP contribution >= 0.6 is 15.9 Å². The van der Waals surface area contributed by atoms with Gasteiger partial charge < -0.3 is 5.11 Å². The largest absolute Gasteiger partial charge is 0.384 e. The Bertz CT molecular complexity index is 396. The van der Waals surface area contributed by atoms with Crippen molar-refractivity contribution in [2.45, 2.75) is 32.3 Å². The quantitative estimate of drug-likeness (QED) is 0.806. The Morgan fingerprint density at radius 3 is 2.80 bits per heavy atom. The zero-order valence-corrected chi connectivity index (χ0v) is 10.4. The van der Waals surface area contributed by atoms with Gasteiger partial charge >= 0.3 is 0 Å². The molecule has 0 fully saturated rings. The Morgan fingerprint density at radius 2 is 2.20 bits per heavy atom. The van der Waals surface area contributed by atoms with Crippen LogP contribution in [0.25, 0.3) is 0 Å². The summed E-state index contributed by atoms with van der Waals surface area (Å²) in [6, 6.07) is 6.06. The van der Waals surface area contributed by atoms with Gasteiger partial charge in [-0.25, -0.2) is 0 Å². The normalized spacial score (nSPS) is 17.7. The van der Waals surface area contributed by atoms with E-state index in [1.165, 1.54) is 17.6 Å². The number of halogens is 1. The number of aliphatic hydroxyl groups excluding tert-OH is 1. The molecule has 2 heteroatoms. The van der Waals surface area contributed by atoms with E-state index in [2.05, 4.69) is 28.9 Å². The highest BCUT2D eigenvalue weighted by Crippen LogP contribution is 2.32. The molecular formula is C13H15BrO. The first-order valence-corrected chi connectivity index (χ1v) is 6.11. The molecule has 1 atom stereocenters. The minimum absolute atomic E-state index is 0.413. The van der Waals surface area contributed by atoms with E-state index in [0.717, 1.165) is 22.9 Å². The number of aryl methyl sites for hydroxylation is 1. The summed E-state index contributed by atoms with van der Waals surface area (Å²) in [5.41, 5.74) is 3.36. The maximum Gasteiger partial charge on any atom is 0.100 e. The Morgan fingerprint density at radius 1 is 1.40 bits per heavy atom. The molecular weight excluding hydrogens is 252 g/mol. The van der Waals surface area contributed by atoms with E-state index in [0.29, 0.717) is 0 Å². The molecule has 0 radical (unpaired) electrons. The molecule has 15 heavy (non-hydrogen) atoms. The van der Waals surface area contributed by atoms with Gasteiger partial charge in [-0.1, -0.05) is 34.1 Å². The molecule has 2 rings (SSSR count). The molecule has 0 aromatic heterocycles. The summed E-state index contributed by atoms with van der Waals surface area (Å²) in [4.78, 5) is 0. The van der Waals surface area contributed by atoms with E-state index in [9.17, 15) is 5.11 Å². The highest BCUT2D eigenvalue weighted by Gasteiger charge is 2.16. The van der Waals surface area contributed by atoms with Crippen LogP contribution in [0.15, 0.2) is 34.3 Å². The topological polar surface area (TPSA) is 20.2 Å². The van der Waals surface area contributed by atoms with E-state index in [4.69, 9.17) is 0 Å². The fraction of sp³-hybridized carbons (Fsp3) is 0.385. The molecule has 1 nitrogen and oxygen atoms in total. The lowest BCUT2D eigenvalue weighted by molar-refractivity contribution is 0.212. The number of rotatable bonds is 2. The average molecular weight is 267 g/mol. The molecule has 1 aromatic rings. The van der Waals surface area contributed by atoms with Crippen LogP contribution in [0.2, 0.25) is 0 Å². The number of benzene rings is 1. The molecule has 0 saturated heterocycles. The fourth-order valence-corrected chi connectivity index (χ4v) is 2.33. The number of hydrogen-bond acceptors (Lipinski definition) is 1. The molecule has 0 saturated carbocycles. The number of hydrogen-bond donors (Lipinski definition) is 1. The van der Waals surface area contributed by atoms with Crippen molar-refractivity contribution in [3.05, 3.63) is 45.4 Å². The Balaban J connectivity index is 2.25. The van der Waals surface area contributed by atoms with Gasteiger partial charge in [0.2, 0.25) is 0 Å². The minimum atomic E-state index is -0.413. The third-order valence-corrected chi connectivity index (χ3v) is 3.79. The van der Waals surface area contributed by atoms with Crippen molar-refractivity contribution in [3.63, 3.8) is 0 Å². The van der Waals surface area contributed by atoms with E-state index in [1.54, 1.807) is 0 Å². The van der Waals surface area contributed by atoms with Crippen LogP contribution < -0.4 is 0 Å². The summed E-state index contributed by atoms with van der Waals surface area (Å²) < 4.78 is 1.07. The molecule has 0 heterocycles. The summed E-state index contributed by atoms with van der Waals surface area (Å²) in [7, 11) is 0. The molecule has 80 valence electrons. The highest BCUT2D eigenvalue weighted by molar-refractivity contribution is 9.10. The van der Waals surface area contributed by atoms with Crippen molar-refractivity contribution in [2.75, 3.05) is 0 Å². The average Bonchev–Trinajstić information content (AvgIpc) is 2.74. The highest BCUT2D eigenvalue weighted by atomic mass is 79.9. The summed E-state index contributed by atoms with van der Waals surface area (Å²) in [6.07, 6.45) is 5.08. The molecule has 0 spiro atoms. The van der Waals surface area contributed by atoms with Gasteiger partial charge in [-0.05, 0) is 49.0 Å². The monoisotopic (exact) mass is 266 g/mol. The first kappa shape index (κ1) is 10.9. The zero-order valence-electron chi connectivity index (χ0n) is 8.83. The van der Waals surface area contributed by atoms with Gasteiger partial charge in [0.05, 0.1) is 0 Å². The van der Waals surface area contributed by atoms with Crippen LogP contribution in [-0.2, 0) is 0 Å². The van der Waals surface area contributed by atoms with Crippen LogP contribution in [0, 0.1) is 6.92 Å². The predicted molar refractivity (Wildman–Crippen MR) is 65.8 cm³/mol. The Hall–Kier alpha value is -0.600. The lowest BCUT2D eigenvalue weighted by Gasteiger charge is -2.13. The van der Waals surface area contributed by atoms with Crippen LogP contribution in [-0.4, -0.2) is 5.11 Å². The third-order valence-electron chi connectivity index (χ3n) is 2.94.